The Kier molecular flexibility index (Phi) is 6.18. The summed E-state index contributed by atoms with van der Waals surface area (Å²) in [5.74, 6) is 0.250. The molecule has 182 valence electrons. The smallest absolute Gasteiger partial charge is 0.457 e. The molecular formula is C22H17F4N5O4. The number of pyridine rings is 1. The normalized spacial score (nSPS) is 15.2. The molecule has 1 aliphatic heterocycles. The molecular weight excluding hydrogens is 474 g/mol. The first-order valence-electron chi connectivity index (χ1n) is 9.93. The van der Waals surface area contributed by atoms with E-state index in [4.69, 9.17) is 10.1 Å². The van der Waals surface area contributed by atoms with Crippen LogP contribution in [0.15, 0.2) is 60.8 Å². The maximum absolute atomic E-state index is 13.9. The van der Waals surface area contributed by atoms with Gasteiger partial charge in [-0.25, -0.2) is 9.53 Å². The Hall–Kier alpha value is -4.39. The molecule has 4 N–H and O–H groups in total. The van der Waals surface area contributed by atoms with Gasteiger partial charge < -0.3 is 25.4 Å². The predicted octanol–water partition coefficient (Wildman–Crippen LogP) is 5.07. The Bertz CT molecular complexity index is 1270. The number of hydrogen-bond acceptors (Lipinski definition) is 6. The first kappa shape index (κ1) is 23.8. The minimum atomic E-state index is -4.48. The second-order valence-electron chi connectivity index (χ2n) is 7.10. The van der Waals surface area contributed by atoms with Crippen LogP contribution in [0.3, 0.4) is 0 Å². The number of benzene rings is 2. The van der Waals surface area contributed by atoms with E-state index in [2.05, 4.69) is 30.4 Å². The molecule has 0 radical (unpaired) electrons. The van der Waals surface area contributed by atoms with Gasteiger partial charge in [-0.05, 0) is 48.5 Å². The topological polar surface area (TPSA) is 118 Å². The van der Waals surface area contributed by atoms with Gasteiger partial charge in [-0.2, -0.15) is 8.78 Å². The summed E-state index contributed by atoms with van der Waals surface area (Å²) in [6.45, 7) is 0. The fraction of sp³-hybridized carbons (Fsp3) is 0.136. The number of ether oxygens (including phenoxy) is 3. The van der Waals surface area contributed by atoms with Crippen molar-refractivity contribution in [3.63, 3.8) is 0 Å². The largest absolute Gasteiger partial charge is 0.540 e. The number of fused-ring (bicyclic) bond motifs is 1. The summed E-state index contributed by atoms with van der Waals surface area (Å²) in [5.41, 5.74) is -0.297. The quantitative estimate of drug-likeness (QED) is 0.225. The molecule has 0 saturated carbocycles. The molecule has 2 heterocycles. The highest BCUT2D eigenvalue weighted by Crippen LogP contribution is 2.46. The van der Waals surface area contributed by atoms with E-state index in [9.17, 15) is 22.4 Å². The molecule has 2 amide bonds. The van der Waals surface area contributed by atoms with E-state index in [-0.39, 0.29) is 11.5 Å². The fourth-order valence-corrected chi connectivity index (χ4v) is 3.05. The van der Waals surface area contributed by atoms with Crippen LogP contribution in [-0.2, 0) is 10.8 Å². The van der Waals surface area contributed by atoms with Gasteiger partial charge in [-0.15, -0.1) is 8.78 Å². The zero-order chi connectivity index (χ0) is 25.2. The van der Waals surface area contributed by atoms with Crippen LogP contribution in [-0.4, -0.2) is 30.2 Å². The van der Waals surface area contributed by atoms with Crippen LogP contribution < -0.4 is 25.4 Å². The van der Waals surface area contributed by atoms with Crippen molar-refractivity contribution in [1.29, 1.82) is 5.41 Å². The van der Waals surface area contributed by atoms with Crippen LogP contribution in [0.5, 0.6) is 17.2 Å². The number of aromatic nitrogens is 1. The fourth-order valence-electron chi connectivity index (χ4n) is 3.05. The average molecular weight is 491 g/mol. The highest BCUT2D eigenvalue weighted by Gasteiger charge is 2.54. The van der Waals surface area contributed by atoms with Gasteiger partial charge in [-0.3, -0.25) is 10.4 Å². The summed E-state index contributed by atoms with van der Waals surface area (Å²) in [5, 5.41) is 15.3. The van der Waals surface area contributed by atoms with Crippen molar-refractivity contribution >= 4 is 23.2 Å². The third-order valence-electron chi connectivity index (χ3n) is 4.61. The van der Waals surface area contributed by atoms with Gasteiger partial charge in [0.15, 0.2) is 0 Å². The number of anilines is 2. The van der Waals surface area contributed by atoms with Crippen molar-refractivity contribution in [3.8, 4) is 17.2 Å². The second kappa shape index (κ2) is 9.10. The van der Waals surface area contributed by atoms with E-state index in [1.54, 1.807) is 31.3 Å². The molecule has 13 heteroatoms. The zero-order valence-electron chi connectivity index (χ0n) is 17.9. The molecule has 0 saturated heterocycles. The maximum atomic E-state index is 13.9. The Morgan fingerprint density at radius 1 is 0.971 bits per heavy atom. The van der Waals surface area contributed by atoms with Crippen LogP contribution in [0.25, 0.3) is 0 Å². The van der Waals surface area contributed by atoms with Crippen molar-refractivity contribution < 1.29 is 36.6 Å². The number of urea groups is 1. The van der Waals surface area contributed by atoms with Gasteiger partial charge in [-0.1, -0.05) is 0 Å². The minimum Gasteiger partial charge on any atom is -0.457 e. The Morgan fingerprint density at radius 3 is 2.37 bits per heavy atom. The molecule has 3 aromatic rings. The number of amides is 2. The first-order chi connectivity index (χ1) is 16.5. The number of nitrogens with one attached hydrogen (secondary N) is 4. The molecule has 4 rings (SSSR count). The van der Waals surface area contributed by atoms with Gasteiger partial charge in [0.25, 0.3) is 0 Å². The molecule has 0 aliphatic carbocycles. The zero-order valence-corrected chi connectivity index (χ0v) is 17.9. The van der Waals surface area contributed by atoms with Gasteiger partial charge in [0.2, 0.25) is 0 Å². The monoisotopic (exact) mass is 491 g/mol. The van der Waals surface area contributed by atoms with Crippen LogP contribution in [0.1, 0.15) is 11.3 Å². The van der Waals surface area contributed by atoms with E-state index in [1.165, 1.54) is 18.3 Å². The Balaban J connectivity index is 1.39. The molecule has 0 spiro atoms. The molecule has 35 heavy (non-hydrogen) atoms. The first-order valence-corrected chi connectivity index (χ1v) is 9.93. The third-order valence-corrected chi connectivity index (χ3v) is 4.61. The number of carbonyl (C=O) groups is 1. The summed E-state index contributed by atoms with van der Waals surface area (Å²) < 4.78 is 67.2. The summed E-state index contributed by atoms with van der Waals surface area (Å²) in [6.07, 6.45) is -7.30. The van der Waals surface area contributed by atoms with Crippen LogP contribution in [0.2, 0.25) is 0 Å². The SMILES string of the molecule is CNC(=N)c1cc(Oc2ccc(NC(=O)Nc3ccc4c(c3)C(F)(F)OC(F)(F)O4)cc2)ccn1. The lowest BCUT2D eigenvalue weighted by Gasteiger charge is -2.30. The number of rotatable bonds is 5. The van der Waals surface area contributed by atoms with Gasteiger partial charge >= 0.3 is 18.4 Å². The molecule has 0 unspecified atom stereocenters. The predicted molar refractivity (Wildman–Crippen MR) is 116 cm³/mol. The van der Waals surface area contributed by atoms with E-state index in [1.807, 2.05) is 0 Å². The van der Waals surface area contributed by atoms with E-state index in [0.29, 0.717) is 22.9 Å². The lowest BCUT2D eigenvalue weighted by atomic mass is 10.1. The minimum absolute atomic E-state index is 0.0982. The highest BCUT2D eigenvalue weighted by molar-refractivity contribution is 6.00. The van der Waals surface area contributed by atoms with Gasteiger partial charge in [0.05, 0.1) is 5.56 Å². The summed E-state index contributed by atoms with van der Waals surface area (Å²) >= 11 is 0. The number of carbonyl (C=O) groups excluding carboxylic acids is 1. The second-order valence-corrected chi connectivity index (χ2v) is 7.10. The molecule has 0 bridgehead atoms. The standard InChI is InChI=1S/C22H17F4N5O4/c1-28-19(27)17-11-15(8-9-29-17)33-14-5-2-12(3-6-14)30-20(32)31-13-4-7-18-16(10-13)21(23,24)35-22(25,26)34-18/h2-11H,1H3,(H2,27,28)(H2,30,31,32). The van der Waals surface area contributed by atoms with Crippen molar-refractivity contribution in [1.82, 2.24) is 10.3 Å². The number of hydrogen-bond donors (Lipinski definition) is 4. The van der Waals surface area contributed by atoms with Gasteiger partial charge in [0.1, 0.15) is 28.8 Å². The molecule has 0 atom stereocenters. The summed E-state index contributed by atoms with van der Waals surface area (Å²) in [6, 6.07) is 11.4. The van der Waals surface area contributed by atoms with E-state index in [0.717, 1.165) is 18.2 Å². The Morgan fingerprint density at radius 2 is 1.66 bits per heavy atom. The van der Waals surface area contributed by atoms with Crippen molar-refractivity contribution in [2.45, 2.75) is 12.4 Å². The number of halogens is 4. The van der Waals surface area contributed by atoms with Crippen molar-refractivity contribution in [3.05, 3.63) is 72.1 Å². The lowest BCUT2D eigenvalue weighted by molar-refractivity contribution is -0.461. The number of nitrogens with zero attached hydrogens (tertiary/aromatic N) is 1. The number of alkyl halides is 4. The van der Waals surface area contributed by atoms with Crippen LogP contribution >= 0.6 is 0 Å². The number of amidine groups is 1. The maximum Gasteiger partial charge on any atom is 0.540 e. The third kappa shape index (κ3) is 5.58. The summed E-state index contributed by atoms with van der Waals surface area (Å²) in [7, 11) is 1.60. The molecule has 9 nitrogen and oxygen atoms in total. The molecule has 1 aromatic heterocycles. The summed E-state index contributed by atoms with van der Waals surface area (Å²) in [4.78, 5) is 16.3. The average Bonchev–Trinajstić information content (AvgIpc) is 2.79. The van der Waals surface area contributed by atoms with Crippen molar-refractivity contribution in [2.24, 2.45) is 0 Å². The van der Waals surface area contributed by atoms with Crippen molar-refractivity contribution in [2.75, 3.05) is 17.7 Å². The highest BCUT2D eigenvalue weighted by atomic mass is 19.3. The van der Waals surface area contributed by atoms with E-state index >= 15 is 0 Å². The lowest BCUT2D eigenvalue weighted by Crippen LogP contribution is -2.41. The molecule has 0 fully saturated rings. The molecule has 2 aromatic carbocycles. The van der Waals surface area contributed by atoms with Crippen LogP contribution in [0.4, 0.5) is 33.7 Å². The Labute approximate surface area is 195 Å². The molecule has 1 aliphatic rings. The van der Waals surface area contributed by atoms with E-state index < -0.39 is 29.7 Å². The van der Waals surface area contributed by atoms with Crippen LogP contribution in [0, 0.1) is 5.41 Å². The van der Waals surface area contributed by atoms with Gasteiger partial charge in [0, 0.05) is 30.7 Å².